The van der Waals surface area contributed by atoms with Crippen LogP contribution in [0.5, 0.6) is 11.5 Å². The largest absolute Gasteiger partial charge is 0.493 e. The maximum absolute atomic E-state index is 12.6. The zero-order valence-corrected chi connectivity index (χ0v) is 13.9. The smallest absolute Gasteiger partial charge is 0.387 e. The third-order valence-corrected chi connectivity index (χ3v) is 3.51. The van der Waals surface area contributed by atoms with Gasteiger partial charge in [-0.2, -0.15) is 8.78 Å². The highest BCUT2D eigenvalue weighted by molar-refractivity contribution is 5.92. The van der Waals surface area contributed by atoms with Crippen molar-refractivity contribution in [1.29, 1.82) is 0 Å². The van der Waals surface area contributed by atoms with E-state index in [0.29, 0.717) is 5.56 Å². The van der Waals surface area contributed by atoms with Crippen molar-refractivity contribution in [2.75, 3.05) is 7.11 Å². The number of halogens is 2. The molecule has 1 atom stereocenters. The molecule has 6 heteroatoms. The summed E-state index contributed by atoms with van der Waals surface area (Å²) >= 11 is 0. The third-order valence-electron chi connectivity index (χ3n) is 3.51. The Morgan fingerprint density at radius 2 is 1.84 bits per heavy atom. The number of carbonyl (C=O) groups is 1. The van der Waals surface area contributed by atoms with Gasteiger partial charge in [-0.05, 0) is 24.6 Å². The topological polar surface area (TPSA) is 47.6 Å². The maximum Gasteiger partial charge on any atom is 0.387 e. The molecular formula is C19H19F2NO3. The quantitative estimate of drug-likeness (QED) is 0.764. The van der Waals surface area contributed by atoms with Gasteiger partial charge in [0, 0.05) is 11.6 Å². The van der Waals surface area contributed by atoms with E-state index in [1.807, 2.05) is 37.3 Å². The predicted molar refractivity (Wildman–Crippen MR) is 91.7 cm³/mol. The molecule has 1 amide bonds. The molecule has 0 bridgehead atoms. The van der Waals surface area contributed by atoms with E-state index in [2.05, 4.69) is 10.1 Å². The molecule has 2 aromatic carbocycles. The fraction of sp³-hybridized carbons (Fsp3) is 0.211. The van der Waals surface area contributed by atoms with Crippen LogP contribution >= 0.6 is 0 Å². The number of benzene rings is 2. The molecule has 0 aliphatic carbocycles. The van der Waals surface area contributed by atoms with Crippen LogP contribution in [0.25, 0.3) is 6.08 Å². The Balaban J connectivity index is 2.11. The highest BCUT2D eigenvalue weighted by Gasteiger charge is 2.14. The van der Waals surface area contributed by atoms with Crippen LogP contribution in [0, 0.1) is 0 Å². The second-order valence-electron chi connectivity index (χ2n) is 5.23. The second kappa shape index (κ2) is 8.82. The molecule has 0 spiro atoms. The van der Waals surface area contributed by atoms with Crippen LogP contribution in [-0.4, -0.2) is 19.6 Å². The first kappa shape index (κ1) is 18.4. The number of rotatable bonds is 7. The highest BCUT2D eigenvalue weighted by Crippen LogP contribution is 2.33. The first-order chi connectivity index (χ1) is 12.0. The second-order valence-corrected chi connectivity index (χ2v) is 5.23. The zero-order chi connectivity index (χ0) is 18.2. The van der Waals surface area contributed by atoms with Gasteiger partial charge in [-0.1, -0.05) is 42.5 Å². The first-order valence-corrected chi connectivity index (χ1v) is 7.66. The Labute approximate surface area is 145 Å². The standard InChI is InChI=1S/C19H19F2NO3/c1-13(14-7-4-3-5-8-14)22-17(23)12-11-15-9-6-10-16(24-2)18(15)25-19(20)21/h3-13,19H,1-2H3,(H,22,23)/b12-11+/t13-/m1/s1. The summed E-state index contributed by atoms with van der Waals surface area (Å²) in [6.45, 7) is -1.13. The number of nitrogens with one attached hydrogen (secondary N) is 1. The predicted octanol–water partition coefficient (Wildman–Crippen LogP) is 4.19. The van der Waals surface area contributed by atoms with Gasteiger partial charge in [0.05, 0.1) is 13.2 Å². The van der Waals surface area contributed by atoms with Crippen molar-refractivity contribution in [2.24, 2.45) is 0 Å². The molecule has 0 fully saturated rings. The highest BCUT2D eigenvalue weighted by atomic mass is 19.3. The molecule has 0 heterocycles. The minimum absolute atomic E-state index is 0.111. The summed E-state index contributed by atoms with van der Waals surface area (Å²) in [5.74, 6) is -0.289. The van der Waals surface area contributed by atoms with E-state index in [1.165, 1.54) is 25.3 Å². The van der Waals surface area contributed by atoms with E-state index in [0.717, 1.165) is 5.56 Å². The minimum atomic E-state index is -2.99. The van der Waals surface area contributed by atoms with Crippen LogP contribution in [0.4, 0.5) is 8.78 Å². The van der Waals surface area contributed by atoms with Gasteiger partial charge in [-0.3, -0.25) is 4.79 Å². The Kier molecular flexibility index (Phi) is 6.51. The first-order valence-electron chi connectivity index (χ1n) is 7.66. The van der Waals surface area contributed by atoms with Crippen molar-refractivity contribution >= 4 is 12.0 Å². The van der Waals surface area contributed by atoms with E-state index in [1.54, 1.807) is 12.1 Å². The fourth-order valence-corrected chi connectivity index (χ4v) is 2.29. The van der Waals surface area contributed by atoms with Crippen molar-refractivity contribution in [2.45, 2.75) is 19.6 Å². The zero-order valence-electron chi connectivity index (χ0n) is 13.9. The average Bonchev–Trinajstić information content (AvgIpc) is 2.61. The summed E-state index contributed by atoms with van der Waals surface area (Å²) in [6, 6.07) is 14.0. The SMILES string of the molecule is COc1cccc(/C=C/C(=O)N[C@H](C)c2ccccc2)c1OC(F)F. The van der Waals surface area contributed by atoms with Crippen molar-refractivity contribution in [3.05, 3.63) is 65.7 Å². The molecule has 132 valence electrons. The van der Waals surface area contributed by atoms with E-state index < -0.39 is 6.61 Å². The molecule has 25 heavy (non-hydrogen) atoms. The fourth-order valence-electron chi connectivity index (χ4n) is 2.29. The molecule has 0 unspecified atom stereocenters. The van der Waals surface area contributed by atoms with Gasteiger partial charge in [-0.25, -0.2) is 0 Å². The molecular weight excluding hydrogens is 328 g/mol. The maximum atomic E-state index is 12.6. The minimum Gasteiger partial charge on any atom is -0.493 e. The van der Waals surface area contributed by atoms with Crippen molar-refractivity contribution in [3.63, 3.8) is 0 Å². The molecule has 2 rings (SSSR count). The number of amides is 1. The lowest BCUT2D eigenvalue weighted by Crippen LogP contribution is -2.24. The normalized spacial score (nSPS) is 12.2. The van der Waals surface area contributed by atoms with Crippen LogP contribution < -0.4 is 14.8 Å². The number of para-hydroxylation sites is 1. The summed E-state index contributed by atoms with van der Waals surface area (Å²) in [7, 11) is 1.36. The number of alkyl halides is 2. The van der Waals surface area contributed by atoms with Crippen molar-refractivity contribution in [1.82, 2.24) is 5.32 Å². The van der Waals surface area contributed by atoms with Gasteiger partial charge in [0.1, 0.15) is 0 Å². The average molecular weight is 347 g/mol. The monoisotopic (exact) mass is 347 g/mol. The van der Waals surface area contributed by atoms with Crippen LogP contribution in [0.3, 0.4) is 0 Å². The Bertz CT molecular complexity index is 733. The van der Waals surface area contributed by atoms with Gasteiger partial charge in [0.25, 0.3) is 0 Å². The van der Waals surface area contributed by atoms with Crippen molar-refractivity contribution in [3.8, 4) is 11.5 Å². The number of carbonyl (C=O) groups excluding carboxylic acids is 1. The van der Waals surface area contributed by atoms with E-state index in [4.69, 9.17) is 4.74 Å². The number of hydrogen-bond acceptors (Lipinski definition) is 3. The molecule has 1 N–H and O–H groups in total. The van der Waals surface area contributed by atoms with Gasteiger partial charge in [0.2, 0.25) is 5.91 Å². The molecule has 4 nitrogen and oxygen atoms in total. The Hall–Kier alpha value is -2.89. The third kappa shape index (κ3) is 5.31. The van der Waals surface area contributed by atoms with Gasteiger partial charge >= 0.3 is 6.61 Å². The van der Waals surface area contributed by atoms with Crippen LogP contribution in [0.15, 0.2) is 54.6 Å². The number of methoxy groups -OCH3 is 1. The molecule has 0 radical (unpaired) electrons. The number of ether oxygens (including phenoxy) is 2. The summed E-state index contributed by atoms with van der Waals surface area (Å²) < 4.78 is 34.7. The molecule has 0 aliphatic heterocycles. The lowest BCUT2D eigenvalue weighted by atomic mass is 10.1. The van der Waals surface area contributed by atoms with Crippen LogP contribution in [0.2, 0.25) is 0 Å². The summed E-state index contributed by atoms with van der Waals surface area (Å²) in [6.07, 6.45) is 2.68. The summed E-state index contributed by atoms with van der Waals surface area (Å²) in [5.41, 5.74) is 1.29. The lowest BCUT2D eigenvalue weighted by molar-refractivity contribution is -0.117. The molecule has 0 aromatic heterocycles. The van der Waals surface area contributed by atoms with E-state index >= 15 is 0 Å². The van der Waals surface area contributed by atoms with Crippen molar-refractivity contribution < 1.29 is 23.0 Å². The van der Waals surface area contributed by atoms with E-state index in [9.17, 15) is 13.6 Å². The lowest BCUT2D eigenvalue weighted by Gasteiger charge is -2.13. The molecule has 0 saturated carbocycles. The Morgan fingerprint density at radius 1 is 1.12 bits per heavy atom. The summed E-state index contributed by atoms with van der Waals surface area (Å²) in [5, 5.41) is 2.81. The molecule has 2 aromatic rings. The van der Waals surface area contributed by atoms with Gasteiger partial charge in [0.15, 0.2) is 11.5 Å². The van der Waals surface area contributed by atoms with Crippen LogP contribution in [0.1, 0.15) is 24.1 Å². The van der Waals surface area contributed by atoms with Crippen LogP contribution in [-0.2, 0) is 4.79 Å². The molecule has 0 aliphatic rings. The number of hydrogen-bond donors (Lipinski definition) is 1. The Morgan fingerprint density at radius 3 is 2.48 bits per heavy atom. The van der Waals surface area contributed by atoms with Gasteiger partial charge < -0.3 is 14.8 Å². The van der Waals surface area contributed by atoms with E-state index in [-0.39, 0.29) is 23.4 Å². The molecule has 0 saturated heterocycles. The van der Waals surface area contributed by atoms with Gasteiger partial charge in [-0.15, -0.1) is 0 Å². The summed E-state index contributed by atoms with van der Waals surface area (Å²) in [4.78, 5) is 12.1.